The van der Waals surface area contributed by atoms with Gasteiger partial charge in [0.05, 0.1) is 18.7 Å². The maximum absolute atomic E-state index is 12.6. The van der Waals surface area contributed by atoms with Crippen LogP contribution in [0, 0.1) is 11.8 Å². The Hall–Kier alpha value is -1.78. The lowest BCUT2D eigenvalue weighted by atomic mass is 10.0. The molecule has 108 valence electrons. The lowest BCUT2D eigenvalue weighted by molar-refractivity contribution is -0.141. The monoisotopic (exact) mass is 277 g/mol. The number of rotatable bonds is 5. The number of carbonyl (C=O) groups is 2. The molecule has 3 rings (SSSR count). The molecule has 2 saturated carbocycles. The van der Waals surface area contributed by atoms with Gasteiger partial charge in [-0.2, -0.15) is 0 Å². The number of aliphatic carboxylic acids is 1. The van der Waals surface area contributed by atoms with E-state index in [-0.39, 0.29) is 17.7 Å². The molecule has 1 aromatic rings. The molecule has 20 heavy (non-hydrogen) atoms. The molecule has 1 amide bonds. The van der Waals surface area contributed by atoms with Crippen molar-refractivity contribution in [3.05, 3.63) is 24.2 Å². The van der Waals surface area contributed by atoms with Gasteiger partial charge < -0.3 is 14.4 Å². The second-order valence-electron chi connectivity index (χ2n) is 5.82. The van der Waals surface area contributed by atoms with Gasteiger partial charge in [-0.3, -0.25) is 9.59 Å². The molecule has 1 aromatic heterocycles. The lowest BCUT2D eigenvalue weighted by Crippen LogP contribution is -2.36. The summed E-state index contributed by atoms with van der Waals surface area (Å²) in [5.74, 6) is -0.365. The molecule has 0 aliphatic heterocycles. The van der Waals surface area contributed by atoms with Gasteiger partial charge in [0.15, 0.2) is 0 Å². The number of amides is 1. The minimum absolute atomic E-state index is 0.104. The summed E-state index contributed by atoms with van der Waals surface area (Å²) in [6.45, 7) is 0.505. The predicted molar refractivity (Wildman–Crippen MR) is 70.7 cm³/mol. The van der Waals surface area contributed by atoms with E-state index in [0.29, 0.717) is 31.8 Å². The number of hydrogen-bond acceptors (Lipinski definition) is 3. The van der Waals surface area contributed by atoms with E-state index in [2.05, 4.69) is 0 Å². The van der Waals surface area contributed by atoms with E-state index >= 15 is 0 Å². The fourth-order valence-corrected chi connectivity index (χ4v) is 3.01. The number of carbonyl (C=O) groups excluding carboxylic acids is 1. The summed E-state index contributed by atoms with van der Waals surface area (Å²) >= 11 is 0. The van der Waals surface area contributed by atoms with Gasteiger partial charge in [-0.05, 0) is 44.2 Å². The first kappa shape index (κ1) is 13.2. The third-order valence-corrected chi connectivity index (χ3v) is 4.31. The second kappa shape index (κ2) is 5.31. The SMILES string of the molecule is O=C(O)[C@H]1CC[C@@H](C(=O)N(Cc2ccco2)C2CC2)C1. The van der Waals surface area contributed by atoms with Crippen molar-refractivity contribution in [1.29, 1.82) is 0 Å². The van der Waals surface area contributed by atoms with Crippen LogP contribution in [0.1, 0.15) is 37.9 Å². The largest absolute Gasteiger partial charge is 0.481 e. The fraction of sp³-hybridized carbons (Fsp3) is 0.600. The van der Waals surface area contributed by atoms with Crippen molar-refractivity contribution in [1.82, 2.24) is 4.90 Å². The Morgan fingerprint density at radius 1 is 1.25 bits per heavy atom. The van der Waals surface area contributed by atoms with Gasteiger partial charge in [-0.25, -0.2) is 0 Å². The van der Waals surface area contributed by atoms with Crippen LogP contribution in [0.25, 0.3) is 0 Å². The predicted octanol–water partition coefficient (Wildman–Crippen LogP) is 2.27. The van der Waals surface area contributed by atoms with Gasteiger partial charge in [0.25, 0.3) is 0 Å². The zero-order chi connectivity index (χ0) is 14.1. The third-order valence-electron chi connectivity index (χ3n) is 4.31. The molecule has 2 atom stereocenters. The first-order chi connectivity index (χ1) is 9.65. The number of hydrogen-bond donors (Lipinski definition) is 1. The number of carboxylic acid groups (broad SMARTS) is 1. The average Bonchev–Trinajstić information content (AvgIpc) is 2.95. The molecule has 5 nitrogen and oxygen atoms in total. The summed E-state index contributed by atoms with van der Waals surface area (Å²) in [6.07, 6.45) is 5.49. The van der Waals surface area contributed by atoms with Gasteiger partial charge in [0, 0.05) is 12.0 Å². The normalized spacial score (nSPS) is 25.6. The highest BCUT2D eigenvalue weighted by Gasteiger charge is 2.40. The minimum Gasteiger partial charge on any atom is -0.481 e. The molecule has 0 saturated heterocycles. The smallest absolute Gasteiger partial charge is 0.306 e. The van der Waals surface area contributed by atoms with E-state index in [1.807, 2.05) is 17.0 Å². The van der Waals surface area contributed by atoms with Crippen molar-refractivity contribution < 1.29 is 19.1 Å². The van der Waals surface area contributed by atoms with Crippen LogP contribution in [-0.4, -0.2) is 27.9 Å². The lowest BCUT2D eigenvalue weighted by Gasteiger charge is -2.24. The van der Waals surface area contributed by atoms with Gasteiger partial charge in [-0.1, -0.05) is 0 Å². The Labute approximate surface area is 117 Å². The molecule has 1 N–H and O–H groups in total. The van der Waals surface area contributed by atoms with Crippen molar-refractivity contribution in [2.75, 3.05) is 0 Å². The van der Waals surface area contributed by atoms with E-state index in [0.717, 1.165) is 18.6 Å². The highest BCUT2D eigenvalue weighted by molar-refractivity contribution is 5.81. The average molecular weight is 277 g/mol. The van der Waals surface area contributed by atoms with E-state index in [9.17, 15) is 9.59 Å². The summed E-state index contributed by atoms with van der Waals surface area (Å²) in [4.78, 5) is 25.5. The topological polar surface area (TPSA) is 70.8 Å². The maximum atomic E-state index is 12.6. The third kappa shape index (κ3) is 2.71. The van der Waals surface area contributed by atoms with Crippen LogP contribution in [0.5, 0.6) is 0 Å². The molecule has 0 radical (unpaired) electrons. The summed E-state index contributed by atoms with van der Waals surface area (Å²) in [6, 6.07) is 4.01. The maximum Gasteiger partial charge on any atom is 0.306 e. The molecular weight excluding hydrogens is 258 g/mol. The van der Waals surface area contributed by atoms with E-state index in [1.165, 1.54) is 0 Å². The molecular formula is C15H19NO4. The Morgan fingerprint density at radius 3 is 2.55 bits per heavy atom. The summed E-state index contributed by atoms with van der Waals surface area (Å²) in [7, 11) is 0. The second-order valence-corrected chi connectivity index (χ2v) is 5.82. The van der Waals surface area contributed by atoms with Crippen LogP contribution < -0.4 is 0 Å². The van der Waals surface area contributed by atoms with Crippen molar-refractivity contribution in [2.45, 2.75) is 44.7 Å². The first-order valence-corrected chi connectivity index (χ1v) is 7.21. The van der Waals surface area contributed by atoms with Crippen molar-refractivity contribution >= 4 is 11.9 Å². The van der Waals surface area contributed by atoms with Gasteiger partial charge in [0.1, 0.15) is 5.76 Å². The Balaban J connectivity index is 1.65. The van der Waals surface area contributed by atoms with E-state index < -0.39 is 5.97 Å². The van der Waals surface area contributed by atoms with E-state index in [4.69, 9.17) is 9.52 Å². The van der Waals surface area contributed by atoms with Crippen molar-refractivity contribution in [3.8, 4) is 0 Å². The molecule has 0 aromatic carbocycles. The molecule has 0 unspecified atom stereocenters. The highest BCUT2D eigenvalue weighted by atomic mass is 16.4. The van der Waals surface area contributed by atoms with Crippen LogP contribution >= 0.6 is 0 Å². The van der Waals surface area contributed by atoms with Gasteiger partial charge in [-0.15, -0.1) is 0 Å². The fourth-order valence-electron chi connectivity index (χ4n) is 3.01. The van der Waals surface area contributed by atoms with Crippen LogP contribution in [0.2, 0.25) is 0 Å². The van der Waals surface area contributed by atoms with E-state index in [1.54, 1.807) is 6.26 Å². The zero-order valence-corrected chi connectivity index (χ0v) is 11.3. The highest BCUT2D eigenvalue weighted by Crippen LogP contribution is 2.36. The van der Waals surface area contributed by atoms with Crippen LogP contribution in [0.15, 0.2) is 22.8 Å². The van der Waals surface area contributed by atoms with Crippen LogP contribution in [0.3, 0.4) is 0 Å². The summed E-state index contributed by atoms with van der Waals surface area (Å²) in [5.41, 5.74) is 0. The minimum atomic E-state index is -0.774. The molecule has 0 bridgehead atoms. The molecule has 0 spiro atoms. The molecule has 2 aliphatic carbocycles. The molecule has 2 fully saturated rings. The van der Waals surface area contributed by atoms with Gasteiger partial charge in [0.2, 0.25) is 5.91 Å². The first-order valence-electron chi connectivity index (χ1n) is 7.21. The number of furan rings is 1. The van der Waals surface area contributed by atoms with Crippen molar-refractivity contribution in [3.63, 3.8) is 0 Å². The van der Waals surface area contributed by atoms with Crippen molar-refractivity contribution in [2.24, 2.45) is 11.8 Å². The standard InChI is InChI=1S/C15H19NO4/c17-14(10-3-4-11(8-10)15(18)19)16(12-5-6-12)9-13-2-1-7-20-13/h1-2,7,10-12H,3-6,8-9H2,(H,18,19)/t10-,11+/m1/s1. The van der Waals surface area contributed by atoms with Crippen LogP contribution in [-0.2, 0) is 16.1 Å². The Bertz CT molecular complexity index is 492. The Morgan fingerprint density at radius 2 is 2.00 bits per heavy atom. The Kier molecular flexibility index (Phi) is 3.51. The molecule has 2 aliphatic rings. The quantitative estimate of drug-likeness (QED) is 0.896. The number of nitrogens with zero attached hydrogens (tertiary/aromatic N) is 1. The van der Waals surface area contributed by atoms with Crippen LogP contribution in [0.4, 0.5) is 0 Å². The summed E-state index contributed by atoms with van der Waals surface area (Å²) in [5, 5.41) is 9.04. The van der Waals surface area contributed by atoms with Gasteiger partial charge >= 0.3 is 5.97 Å². The molecule has 5 heteroatoms. The zero-order valence-electron chi connectivity index (χ0n) is 11.3. The number of carboxylic acids is 1. The molecule has 1 heterocycles. The summed E-state index contributed by atoms with van der Waals surface area (Å²) < 4.78 is 5.33.